The minimum absolute atomic E-state index is 0.141. The van der Waals surface area contributed by atoms with Crippen LogP contribution in [0.3, 0.4) is 0 Å². The maximum atomic E-state index is 12.1. The van der Waals surface area contributed by atoms with Crippen molar-refractivity contribution in [3.63, 3.8) is 0 Å². The van der Waals surface area contributed by atoms with Crippen molar-refractivity contribution in [2.75, 3.05) is 37.4 Å². The Morgan fingerprint density at radius 2 is 1.80 bits per heavy atom. The third-order valence-corrected chi connectivity index (χ3v) is 6.04. The van der Waals surface area contributed by atoms with Gasteiger partial charge < -0.3 is 14.8 Å². The van der Waals surface area contributed by atoms with E-state index in [1.165, 1.54) is 16.4 Å². The average Bonchev–Trinajstić information content (AvgIpc) is 2.70. The molecule has 0 heterocycles. The normalized spacial score (nSPS) is 11.1. The minimum Gasteiger partial charge on any atom is -0.493 e. The molecular weight excluding hydrogens is 451 g/mol. The smallest absolute Gasteiger partial charge is 0.232 e. The highest BCUT2D eigenvalue weighted by Crippen LogP contribution is 2.28. The van der Waals surface area contributed by atoms with Gasteiger partial charge in [0.1, 0.15) is 6.61 Å². The number of para-hydroxylation sites is 2. The first-order chi connectivity index (χ1) is 14.2. The van der Waals surface area contributed by atoms with Gasteiger partial charge in [-0.3, -0.25) is 9.10 Å². The molecule has 2 aromatic rings. The molecule has 2 aromatic carbocycles. The summed E-state index contributed by atoms with van der Waals surface area (Å²) in [6.07, 6.45) is 1.61. The number of carbonyl (C=O) groups is 1. The Balaban J connectivity index is 1.79. The number of nitrogens with one attached hydrogen (secondary N) is 1. The van der Waals surface area contributed by atoms with E-state index in [1.54, 1.807) is 25.3 Å². The van der Waals surface area contributed by atoms with E-state index in [0.29, 0.717) is 35.2 Å². The summed E-state index contributed by atoms with van der Waals surface area (Å²) < 4.78 is 36.2. The number of hydrogen-bond donors (Lipinski definition) is 1. The lowest BCUT2D eigenvalue weighted by atomic mass is 10.2. The van der Waals surface area contributed by atoms with Crippen molar-refractivity contribution < 1.29 is 22.7 Å². The average molecular weight is 475 g/mol. The predicted octanol–water partition coefficient (Wildman–Crippen LogP) is 3.74. The van der Waals surface area contributed by atoms with Gasteiger partial charge in [0, 0.05) is 13.0 Å². The Morgan fingerprint density at radius 3 is 2.43 bits per heavy atom. The summed E-state index contributed by atoms with van der Waals surface area (Å²) in [6, 6.07) is 11.8. The van der Waals surface area contributed by atoms with Crippen LogP contribution >= 0.6 is 23.2 Å². The standard InChI is InChI=1S/C20H24Cl2N2O5S/c1-28-18-6-3-4-7-19(18)29-13-11-23-20(25)8-5-12-24(30(2,26)27)15-9-10-16(21)17(22)14-15/h3-4,6-7,9-10,14H,5,8,11-13H2,1-2H3,(H,23,25). The molecule has 10 heteroatoms. The predicted molar refractivity (Wildman–Crippen MR) is 119 cm³/mol. The zero-order chi connectivity index (χ0) is 22.1. The summed E-state index contributed by atoms with van der Waals surface area (Å²) >= 11 is 11.9. The second-order valence-electron chi connectivity index (χ2n) is 6.39. The first kappa shape index (κ1) is 24.1. The maximum absolute atomic E-state index is 12.1. The van der Waals surface area contributed by atoms with Crippen LogP contribution in [-0.2, 0) is 14.8 Å². The highest BCUT2D eigenvalue weighted by atomic mass is 35.5. The number of methoxy groups -OCH3 is 1. The van der Waals surface area contributed by atoms with Crippen LogP contribution in [0.4, 0.5) is 5.69 Å². The second kappa shape index (κ2) is 11.3. The topological polar surface area (TPSA) is 84.9 Å². The molecule has 30 heavy (non-hydrogen) atoms. The summed E-state index contributed by atoms with van der Waals surface area (Å²) in [5.74, 6) is 1.02. The number of amides is 1. The van der Waals surface area contributed by atoms with E-state index in [0.717, 1.165) is 6.26 Å². The van der Waals surface area contributed by atoms with E-state index in [9.17, 15) is 13.2 Å². The molecule has 0 aromatic heterocycles. The van der Waals surface area contributed by atoms with Crippen LogP contribution < -0.4 is 19.1 Å². The number of ether oxygens (including phenoxy) is 2. The molecule has 0 aliphatic carbocycles. The fraction of sp³-hybridized carbons (Fsp3) is 0.350. The van der Waals surface area contributed by atoms with Gasteiger partial charge in [-0.05, 0) is 36.8 Å². The van der Waals surface area contributed by atoms with Crippen molar-refractivity contribution >= 4 is 44.8 Å². The van der Waals surface area contributed by atoms with Gasteiger partial charge in [0.2, 0.25) is 15.9 Å². The molecule has 0 fully saturated rings. The van der Waals surface area contributed by atoms with Gasteiger partial charge in [-0.1, -0.05) is 35.3 Å². The molecule has 0 bridgehead atoms. The molecule has 164 valence electrons. The summed E-state index contributed by atoms with van der Waals surface area (Å²) in [5, 5.41) is 3.34. The number of hydrogen-bond acceptors (Lipinski definition) is 5. The number of anilines is 1. The Morgan fingerprint density at radius 1 is 1.10 bits per heavy atom. The summed E-state index contributed by atoms with van der Waals surface area (Å²) in [7, 11) is -1.98. The van der Waals surface area contributed by atoms with Crippen LogP contribution in [-0.4, -0.2) is 47.4 Å². The zero-order valence-corrected chi connectivity index (χ0v) is 19.1. The molecule has 0 aliphatic heterocycles. The molecule has 0 unspecified atom stereocenters. The fourth-order valence-electron chi connectivity index (χ4n) is 2.69. The van der Waals surface area contributed by atoms with Crippen LogP contribution in [0.15, 0.2) is 42.5 Å². The lowest BCUT2D eigenvalue weighted by Crippen LogP contribution is -2.33. The third kappa shape index (κ3) is 7.27. The molecule has 7 nitrogen and oxygen atoms in total. The lowest BCUT2D eigenvalue weighted by molar-refractivity contribution is -0.121. The van der Waals surface area contributed by atoms with Crippen molar-refractivity contribution in [2.24, 2.45) is 0 Å². The first-order valence-electron chi connectivity index (χ1n) is 9.17. The SMILES string of the molecule is COc1ccccc1OCCNC(=O)CCCN(c1ccc(Cl)c(Cl)c1)S(C)(=O)=O. The van der Waals surface area contributed by atoms with Gasteiger partial charge in [0.15, 0.2) is 11.5 Å². The lowest BCUT2D eigenvalue weighted by Gasteiger charge is -2.22. The summed E-state index contributed by atoms with van der Waals surface area (Å²) in [4.78, 5) is 12.0. The third-order valence-electron chi connectivity index (χ3n) is 4.11. The Hall–Kier alpha value is -2.16. The number of halogens is 2. The van der Waals surface area contributed by atoms with Crippen molar-refractivity contribution in [2.45, 2.75) is 12.8 Å². The Kier molecular flexibility index (Phi) is 9.08. The van der Waals surface area contributed by atoms with Gasteiger partial charge in [-0.2, -0.15) is 0 Å². The molecule has 1 N–H and O–H groups in total. The van der Waals surface area contributed by atoms with Crippen LogP contribution in [0.1, 0.15) is 12.8 Å². The second-order valence-corrected chi connectivity index (χ2v) is 9.11. The quantitative estimate of drug-likeness (QED) is 0.501. The van der Waals surface area contributed by atoms with Crippen LogP contribution in [0, 0.1) is 0 Å². The highest BCUT2D eigenvalue weighted by molar-refractivity contribution is 7.92. The Bertz CT molecular complexity index is 969. The van der Waals surface area contributed by atoms with Gasteiger partial charge in [-0.25, -0.2) is 8.42 Å². The van der Waals surface area contributed by atoms with Gasteiger partial charge >= 0.3 is 0 Å². The molecular formula is C20H24Cl2N2O5S. The molecule has 2 rings (SSSR count). The van der Waals surface area contributed by atoms with Gasteiger partial charge in [0.25, 0.3) is 0 Å². The van der Waals surface area contributed by atoms with Gasteiger partial charge in [-0.15, -0.1) is 0 Å². The number of carbonyl (C=O) groups excluding carboxylic acids is 1. The molecule has 0 aliphatic rings. The summed E-state index contributed by atoms with van der Waals surface area (Å²) in [5.41, 5.74) is 0.400. The maximum Gasteiger partial charge on any atom is 0.232 e. The number of benzene rings is 2. The highest BCUT2D eigenvalue weighted by Gasteiger charge is 2.18. The fourth-order valence-corrected chi connectivity index (χ4v) is 3.94. The molecule has 0 spiro atoms. The van der Waals surface area contributed by atoms with Gasteiger partial charge in [0.05, 0.1) is 35.6 Å². The molecule has 0 atom stereocenters. The number of rotatable bonds is 11. The summed E-state index contributed by atoms with van der Waals surface area (Å²) in [6.45, 7) is 0.742. The van der Waals surface area contributed by atoms with E-state index in [-0.39, 0.29) is 30.5 Å². The molecule has 0 saturated carbocycles. The zero-order valence-electron chi connectivity index (χ0n) is 16.7. The van der Waals surface area contributed by atoms with E-state index in [1.807, 2.05) is 12.1 Å². The largest absolute Gasteiger partial charge is 0.493 e. The van der Waals surface area contributed by atoms with E-state index in [4.69, 9.17) is 32.7 Å². The molecule has 0 saturated heterocycles. The van der Waals surface area contributed by atoms with Crippen molar-refractivity contribution in [1.82, 2.24) is 5.32 Å². The minimum atomic E-state index is -3.54. The molecule has 0 radical (unpaired) electrons. The monoisotopic (exact) mass is 474 g/mol. The van der Waals surface area contributed by atoms with Crippen molar-refractivity contribution in [1.29, 1.82) is 0 Å². The van der Waals surface area contributed by atoms with Crippen LogP contribution in [0.5, 0.6) is 11.5 Å². The Labute approximate surface area is 186 Å². The van der Waals surface area contributed by atoms with Crippen LogP contribution in [0.25, 0.3) is 0 Å². The molecule has 1 amide bonds. The van der Waals surface area contributed by atoms with E-state index in [2.05, 4.69) is 5.32 Å². The van der Waals surface area contributed by atoms with E-state index >= 15 is 0 Å². The van der Waals surface area contributed by atoms with E-state index < -0.39 is 10.0 Å². The first-order valence-corrected chi connectivity index (χ1v) is 11.8. The van der Waals surface area contributed by atoms with Crippen molar-refractivity contribution in [3.8, 4) is 11.5 Å². The number of nitrogens with zero attached hydrogens (tertiary/aromatic N) is 1. The van der Waals surface area contributed by atoms with Crippen molar-refractivity contribution in [3.05, 3.63) is 52.5 Å². The number of sulfonamides is 1. The van der Waals surface area contributed by atoms with Crippen LogP contribution in [0.2, 0.25) is 10.0 Å².